The first-order valence-electron chi connectivity index (χ1n) is 8.29. The van der Waals surface area contributed by atoms with Gasteiger partial charge in [-0.15, -0.1) is 0 Å². The van der Waals surface area contributed by atoms with Crippen LogP contribution in [0.15, 0.2) is 42.6 Å². The van der Waals surface area contributed by atoms with E-state index in [2.05, 4.69) is 4.98 Å². The van der Waals surface area contributed by atoms with Crippen molar-refractivity contribution in [2.45, 2.75) is 0 Å². The van der Waals surface area contributed by atoms with Gasteiger partial charge < -0.3 is 23.9 Å². The monoisotopic (exact) mass is 367 g/mol. The quantitative estimate of drug-likeness (QED) is 0.503. The minimum Gasteiger partial charge on any atom is -0.495 e. The van der Waals surface area contributed by atoms with Gasteiger partial charge in [0.1, 0.15) is 5.75 Å². The van der Waals surface area contributed by atoms with Crippen LogP contribution in [0.1, 0.15) is 15.9 Å². The lowest BCUT2D eigenvalue weighted by atomic mass is 10.1. The van der Waals surface area contributed by atoms with E-state index in [4.69, 9.17) is 18.9 Å². The maximum Gasteiger partial charge on any atom is 0.203 e. The lowest BCUT2D eigenvalue weighted by Gasteiger charge is -2.13. The minimum absolute atomic E-state index is 0.175. The Morgan fingerprint density at radius 3 is 2.19 bits per heavy atom. The van der Waals surface area contributed by atoms with Crippen LogP contribution in [-0.2, 0) is 0 Å². The third-order valence-corrected chi connectivity index (χ3v) is 4.29. The molecule has 0 saturated heterocycles. The molecule has 3 rings (SSSR count). The second-order valence-electron chi connectivity index (χ2n) is 5.74. The van der Waals surface area contributed by atoms with E-state index in [-0.39, 0.29) is 5.78 Å². The molecule has 0 radical (unpaired) electrons. The van der Waals surface area contributed by atoms with Crippen LogP contribution in [0.3, 0.4) is 0 Å². The van der Waals surface area contributed by atoms with Gasteiger partial charge in [0.05, 0.1) is 34.0 Å². The van der Waals surface area contributed by atoms with Crippen LogP contribution in [0.5, 0.6) is 23.0 Å². The summed E-state index contributed by atoms with van der Waals surface area (Å²) in [4.78, 5) is 15.8. The fraction of sp³-hybridized carbons (Fsp3) is 0.190. The van der Waals surface area contributed by atoms with E-state index < -0.39 is 0 Å². The first-order chi connectivity index (χ1) is 13.1. The molecule has 0 unspecified atom stereocenters. The van der Waals surface area contributed by atoms with Crippen molar-refractivity contribution in [2.24, 2.45) is 0 Å². The molecule has 2 aromatic carbocycles. The van der Waals surface area contributed by atoms with Gasteiger partial charge in [-0.3, -0.25) is 4.79 Å². The van der Waals surface area contributed by atoms with Crippen molar-refractivity contribution in [3.63, 3.8) is 0 Å². The number of ether oxygens (including phenoxy) is 4. The molecule has 0 atom stereocenters. The molecule has 1 aromatic heterocycles. The van der Waals surface area contributed by atoms with Crippen molar-refractivity contribution >= 4 is 22.8 Å². The average molecular weight is 367 g/mol. The number of rotatable bonds is 7. The number of para-hydroxylation sites is 1. The predicted octanol–water partition coefficient (Wildman–Crippen LogP) is 4.10. The Hall–Kier alpha value is -3.41. The van der Waals surface area contributed by atoms with Gasteiger partial charge >= 0.3 is 0 Å². The van der Waals surface area contributed by atoms with Crippen molar-refractivity contribution < 1.29 is 23.7 Å². The molecule has 0 bridgehead atoms. The summed E-state index contributed by atoms with van der Waals surface area (Å²) in [5.74, 6) is 1.90. The molecule has 27 heavy (non-hydrogen) atoms. The minimum atomic E-state index is -0.175. The number of H-pyrrole nitrogens is 1. The number of allylic oxidation sites excluding steroid dienone is 1. The molecule has 6 heteroatoms. The van der Waals surface area contributed by atoms with Gasteiger partial charge in [0, 0.05) is 22.7 Å². The molecule has 0 aliphatic rings. The van der Waals surface area contributed by atoms with Crippen molar-refractivity contribution in [2.75, 3.05) is 28.4 Å². The molecular weight excluding hydrogens is 346 g/mol. The zero-order chi connectivity index (χ0) is 19.4. The fourth-order valence-corrected chi connectivity index (χ4v) is 2.94. The summed E-state index contributed by atoms with van der Waals surface area (Å²) >= 11 is 0. The summed E-state index contributed by atoms with van der Waals surface area (Å²) in [5.41, 5.74) is 2.22. The van der Waals surface area contributed by atoms with Crippen molar-refractivity contribution in [1.29, 1.82) is 0 Å². The topological polar surface area (TPSA) is 69.8 Å². The molecule has 1 heterocycles. The number of aromatic amines is 1. The van der Waals surface area contributed by atoms with Gasteiger partial charge in [-0.1, -0.05) is 12.1 Å². The molecular formula is C21H21NO5. The third kappa shape index (κ3) is 3.46. The summed E-state index contributed by atoms with van der Waals surface area (Å²) in [6.45, 7) is 0. The smallest absolute Gasteiger partial charge is 0.203 e. The zero-order valence-electron chi connectivity index (χ0n) is 15.7. The molecule has 1 N–H and O–H groups in total. The summed E-state index contributed by atoms with van der Waals surface area (Å²) in [6.07, 6.45) is 5.12. The number of carbonyl (C=O) groups excluding carboxylic acids is 1. The molecule has 0 fully saturated rings. The van der Waals surface area contributed by atoms with Crippen LogP contribution in [0.25, 0.3) is 17.0 Å². The lowest BCUT2D eigenvalue weighted by molar-refractivity contribution is 0.104. The molecule has 0 aliphatic heterocycles. The second-order valence-corrected chi connectivity index (χ2v) is 5.74. The lowest BCUT2D eigenvalue weighted by Crippen LogP contribution is -2.00. The van der Waals surface area contributed by atoms with Gasteiger partial charge in [-0.05, 0) is 30.4 Å². The zero-order valence-corrected chi connectivity index (χ0v) is 15.7. The maximum atomic E-state index is 12.7. The number of ketones is 1. The average Bonchev–Trinajstić information content (AvgIpc) is 3.13. The molecule has 140 valence electrons. The van der Waals surface area contributed by atoms with Crippen molar-refractivity contribution in [3.8, 4) is 23.0 Å². The van der Waals surface area contributed by atoms with Crippen LogP contribution in [0, 0.1) is 0 Å². The Bertz CT molecular complexity index is 978. The van der Waals surface area contributed by atoms with Crippen LogP contribution in [-0.4, -0.2) is 39.2 Å². The van der Waals surface area contributed by atoms with E-state index in [1.165, 1.54) is 27.4 Å². The Kier molecular flexibility index (Phi) is 5.35. The van der Waals surface area contributed by atoms with Crippen LogP contribution >= 0.6 is 0 Å². The van der Waals surface area contributed by atoms with Gasteiger partial charge in [0.15, 0.2) is 17.3 Å². The number of benzene rings is 2. The number of hydrogen-bond acceptors (Lipinski definition) is 5. The Labute approximate surface area is 157 Å². The summed E-state index contributed by atoms with van der Waals surface area (Å²) in [5, 5.41) is 0.975. The first kappa shape index (κ1) is 18.4. The standard InChI is InChI=1S/C21H21NO5/c1-24-17-7-5-6-15-13(12-22-20(15)17)8-9-16(23)14-10-18(25-2)21(27-4)19(11-14)26-3/h5-12,22H,1-4H3. The molecule has 0 amide bonds. The summed E-state index contributed by atoms with van der Waals surface area (Å²) in [6, 6.07) is 9.03. The predicted molar refractivity (Wildman–Crippen MR) is 104 cm³/mol. The number of hydrogen-bond donors (Lipinski definition) is 1. The van der Waals surface area contributed by atoms with Gasteiger partial charge in [-0.25, -0.2) is 0 Å². The Balaban J connectivity index is 1.94. The van der Waals surface area contributed by atoms with Crippen LogP contribution in [0.4, 0.5) is 0 Å². The van der Waals surface area contributed by atoms with E-state index in [1.54, 1.807) is 25.3 Å². The van der Waals surface area contributed by atoms with Gasteiger partial charge in [0.25, 0.3) is 0 Å². The normalized spacial score (nSPS) is 11.0. The second kappa shape index (κ2) is 7.86. The molecule has 3 aromatic rings. The number of aromatic nitrogens is 1. The highest BCUT2D eigenvalue weighted by Crippen LogP contribution is 2.38. The van der Waals surface area contributed by atoms with Gasteiger partial charge in [-0.2, -0.15) is 0 Å². The van der Waals surface area contributed by atoms with E-state index >= 15 is 0 Å². The van der Waals surface area contributed by atoms with Gasteiger partial charge in [0.2, 0.25) is 5.75 Å². The molecule has 0 saturated carbocycles. The van der Waals surface area contributed by atoms with E-state index in [0.29, 0.717) is 22.8 Å². The largest absolute Gasteiger partial charge is 0.495 e. The molecule has 0 aliphatic carbocycles. The summed E-state index contributed by atoms with van der Waals surface area (Å²) < 4.78 is 21.2. The number of methoxy groups -OCH3 is 4. The van der Waals surface area contributed by atoms with Crippen LogP contribution in [0.2, 0.25) is 0 Å². The van der Waals surface area contributed by atoms with Crippen molar-refractivity contribution in [3.05, 3.63) is 53.7 Å². The van der Waals surface area contributed by atoms with E-state index in [1.807, 2.05) is 24.4 Å². The number of nitrogens with one attached hydrogen (secondary N) is 1. The number of fused-ring (bicyclic) bond motifs is 1. The summed E-state index contributed by atoms with van der Waals surface area (Å²) in [7, 11) is 6.17. The first-order valence-corrected chi connectivity index (χ1v) is 8.29. The molecule has 6 nitrogen and oxygen atoms in total. The molecule has 0 spiro atoms. The number of carbonyl (C=O) groups is 1. The van der Waals surface area contributed by atoms with Crippen molar-refractivity contribution in [1.82, 2.24) is 4.98 Å². The highest BCUT2D eigenvalue weighted by Gasteiger charge is 2.16. The SMILES string of the molecule is COc1cc(C(=O)C=Cc2c[nH]c3c(OC)cccc23)cc(OC)c1OC. The maximum absolute atomic E-state index is 12.7. The highest BCUT2D eigenvalue weighted by molar-refractivity contribution is 6.08. The Morgan fingerprint density at radius 2 is 1.59 bits per heavy atom. The Morgan fingerprint density at radius 1 is 0.926 bits per heavy atom. The third-order valence-electron chi connectivity index (χ3n) is 4.29. The van der Waals surface area contributed by atoms with E-state index in [9.17, 15) is 4.79 Å². The highest BCUT2D eigenvalue weighted by atomic mass is 16.5. The van der Waals surface area contributed by atoms with E-state index in [0.717, 1.165) is 22.2 Å². The van der Waals surface area contributed by atoms with Crippen LogP contribution < -0.4 is 18.9 Å². The fourth-order valence-electron chi connectivity index (χ4n) is 2.94.